The summed E-state index contributed by atoms with van der Waals surface area (Å²) < 4.78 is 37.2. The third kappa shape index (κ3) is 6.41. The van der Waals surface area contributed by atoms with Crippen LogP contribution < -0.4 is 10.6 Å². The van der Waals surface area contributed by atoms with Gasteiger partial charge in [0.05, 0.1) is 28.1 Å². The van der Waals surface area contributed by atoms with E-state index in [1.54, 1.807) is 0 Å². The Hall–Kier alpha value is -5.46. The zero-order valence-corrected chi connectivity index (χ0v) is 21.3. The molecule has 1 aliphatic heterocycles. The summed E-state index contributed by atoms with van der Waals surface area (Å²) in [5, 5.41) is 4.48. The third-order valence-electron chi connectivity index (χ3n) is 5.86. The van der Waals surface area contributed by atoms with Gasteiger partial charge in [-0.2, -0.15) is 0 Å². The van der Waals surface area contributed by atoms with Crippen LogP contribution in [-0.4, -0.2) is 59.7 Å². The van der Waals surface area contributed by atoms with E-state index in [1.165, 1.54) is 55.5 Å². The summed E-state index contributed by atoms with van der Waals surface area (Å²) in [7, 11) is 0. The summed E-state index contributed by atoms with van der Waals surface area (Å²) in [5.41, 5.74) is -0.681. The van der Waals surface area contributed by atoms with Crippen LogP contribution in [0.25, 0.3) is 0 Å². The molecule has 11 nitrogen and oxygen atoms in total. The van der Waals surface area contributed by atoms with Gasteiger partial charge in [-0.25, -0.2) is 18.4 Å². The molecule has 0 radical (unpaired) electrons. The summed E-state index contributed by atoms with van der Waals surface area (Å²) >= 11 is 0. The maximum Gasteiger partial charge on any atom is 0.338 e. The van der Waals surface area contributed by atoms with Crippen molar-refractivity contribution in [2.75, 3.05) is 23.8 Å². The smallest absolute Gasteiger partial charge is 0.338 e. The molecule has 13 heteroatoms. The summed E-state index contributed by atoms with van der Waals surface area (Å²) in [6.45, 7) is -0.347. The number of benzene rings is 3. The maximum atomic E-state index is 13.7. The number of fused-ring (bicyclic) bond motifs is 1. The van der Waals surface area contributed by atoms with Gasteiger partial charge in [0.25, 0.3) is 23.6 Å². The number of anilines is 2. The lowest BCUT2D eigenvalue weighted by atomic mass is 10.1. The highest BCUT2D eigenvalue weighted by Crippen LogP contribution is 2.26. The van der Waals surface area contributed by atoms with Crippen molar-refractivity contribution < 1.29 is 47.0 Å². The summed E-state index contributed by atoms with van der Waals surface area (Å²) in [6.07, 6.45) is 0. The van der Waals surface area contributed by atoms with E-state index < -0.39 is 66.5 Å². The minimum Gasteiger partial charge on any atom is -0.454 e. The zero-order valence-electron chi connectivity index (χ0n) is 21.3. The molecule has 1 aliphatic rings. The molecule has 0 unspecified atom stereocenters. The van der Waals surface area contributed by atoms with E-state index in [4.69, 9.17) is 9.47 Å². The standard InChI is InChI=1S/C28H21F2N3O8/c1-15(27(38)40-13-23(34)31-21-8-4-2-6-19(21)29)33-25(36)17-11-10-16(12-18(17)26(33)37)28(39)41-14-24(35)32-22-9-5-3-7-20(22)30/h2-12,15H,13-14H2,1H3,(H,31,34)(H,32,35)/t15-/m0/s1. The molecule has 4 rings (SSSR count). The molecule has 2 N–H and O–H groups in total. The Kier molecular flexibility index (Phi) is 8.46. The van der Waals surface area contributed by atoms with Crippen LogP contribution in [0.2, 0.25) is 0 Å². The largest absolute Gasteiger partial charge is 0.454 e. The minimum atomic E-state index is -1.44. The van der Waals surface area contributed by atoms with Crippen molar-refractivity contribution in [1.82, 2.24) is 4.90 Å². The van der Waals surface area contributed by atoms with Gasteiger partial charge in [0.2, 0.25) is 0 Å². The molecule has 1 heterocycles. The first-order chi connectivity index (χ1) is 19.6. The van der Waals surface area contributed by atoms with Gasteiger partial charge in [-0.05, 0) is 49.4 Å². The van der Waals surface area contributed by atoms with Crippen molar-refractivity contribution in [3.05, 3.63) is 95.1 Å². The third-order valence-corrected chi connectivity index (χ3v) is 5.86. The molecule has 4 amide bonds. The van der Waals surface area contributed by atoms with Crippen LogP contribution >= 0.6 is 0 Å². The molecule has 1 atom stereocenters. The first-order valence-corrected chi connectivity index (χ1v) is 12.0. The predicted molar refractivity (Wildman–Crippen MR) is 138 cm³/mol. The Morgan fingerprint density at radius 2 is 1.27 bits per heavy atom. The Balaban J connectivity index is 1.34. The van der Waals surface area contributed by atoms with Crippen molar-refractivity contribution in [2.45, 2.75) is 13.0 Å². The first-order valence-electron chi connectivity index (χ1n) is 12.0. The van der Waals surface area contributed by atoms with Crippen LogP contribution in [0.4, 0.5) is 20.2 Å². The number of para-hydroxylation sites is 2. The van der Waals surface area contributed by atoms with Crippen LogP contribution in [0, 0.1) is 11.6 Å². The molecule has 3 aromatic carbocycles. The average Bonchev–Trinajstić information content (AvgIpc) is 3.21. The highest BCUT2D eigenvalue weighted by molar-refractivity contribution is 6.23. The van der Waals surface area contributed by atoms with Gasteiger partial charge in [-0.15, -0.1) is 0 Å². The Labute approximate surface area is 231 Å². The van der Waals surface area contributed by atoms with Gasteiger partial charge in [0.1, 0.15) is 17.7 Å². The van der Waals surface area contributed by atoms with Crippen molar-refractivity contribution in [1.29, 1.82) is 0 Å². The molecule has 0 aromatic heterocycles. The number of nitrogens with zero attached hydrogens (tertiary/aromatic N) is 1. The van der Waals surface area contributed by atoms with Crippen LogP contribution in [0.3, 0.4) is 0 Å². The lowest BCUT2D eigenvalue weighted by Gasteiger charge is -2.20. The molecule has 0 saturated carbocycles. The zero-order chi connectivity index (χ0) is 29.7. The SMILES string of the molecule is C[C@@H](C(=O)OCC(=O)Nc1ccccc1F)N1C(=O)c2ccc(C(=O)OCC(=O)Nc3ccccc3F)cc2C1=O. The number of esters is 2. The van der Waals surface area contributed by atoms with E-state index in [2.05, 4.69) is 10.6 Å². The molecule has 0 fully saturated rings. The molecule has 41 heavy (non-hydrogen) atoms. The van der Waals surface area contributed by atoms with Crippen LogP contribution in [0.1, 0.15) is 38.0 Å². The molecule has 0 aliphatic carbocycles. The lowest BCUT2D eigenvalue weighted by molar-refractivity contribution is -0.150. The Bertz CT molecular complexity index is 1580. The predicted octanol–water partition coefficient (Wildman–Crippen LogP) is 2.93. The normalized spacial score (nSPS) is 12.8. The second-order valence-electron chi connectivity index (χ2n) is 8.66. The molecule has 210 valence electrons. The summed E-state index contributed by atoms with van der Waals surface area (Å²) in [5.74, 6) is -6.84. The second-order valence-corrected chi connectivity index (χ2v) is 8.66. The van der Waals surface area contributed by atoms with E-state index in [-0.39, 0.29) is 28.1 Å². The van der Waals surface area contributed by atoms with Gasteiger partial charge < -0.3 is 20.1 Å². The number of imide groups is 1. The number of halogens is 2. The van der Waals surface area contributed by atoms with Crippen molar-refractivity contribution in [3.63, 3.8) is 0 Å². The van der Waals surface area contributed by atoms with E-state index in [1.807, 2.05) is 0 Å². The number of carbonyl (C=O) groups is 6. The van der Waals surface area contributed by atoms with Gasteiger partial charge in [-0.1, -0.05) is 24.3 Å². The van der Waals surface area contributed by atoms with Crippen molar-refractivity contribution in [2.24, 2.45) is 0 Å². The van der Waals surface area contributed by atoms with E-state index >= 15 is 0 Å². The number of amides is 4. The molecule has 0 spiro atoms. The minimum absolute atomic E-state index is 0.0965. The highest BCUT2D eigenvalue weighted by Gasteiger charge is 2.42. The highest BCUT2D eigenvalue weighted by atomic mass is 19.1. The number of rotatable bonds is 9. The maximum absolute atomic E-state index is 13.7. The number of nitrogens with one attached hydrogen (secondary N) is 2. The van der Waals surface area contributed by atoms with Crippen LogP contribution in [-0.2, 0) is 23.9 Å². The first kappa shape index (κ1) is 28.5. The van der Waals surface area contributed by atoms with Crippen molar-refractivity contribution in [3.8, 4) is 0 Å². The van der Waals surface area contributed by atoms with E-state index in [0.717, 1.165) is 18.2 Å². The van der Waals surface area contributed by atoms with Gasteiger partial charge in [-0.3, -0.25) is 24.1 Å². The van der Waals surface area contributed by atoms with E-state index in [9.17, 15) is 37.5 Å². The van der Waals surface area contributed by atoms with Crippen LogP contribution in [0.5, 0.6) is 0 Å². The summed E-state index contributed by atoms with van der Waals surface area (Å²) in [4.78, 5) is 75.5. The van der Waals surface area contributed by atoms with Gasteiger partial charge in [0, 0.05) is 0 Å². The Morgan fingerprint density at radius 1 is 0.756 bits per heavy atom. The molecule has 0 bridgehead atoms. The van der Waals surface area contributed by atoms with Gasteiger partial charge in [0.15, 0.2) is 13.2 Å². The number of carbonyl (C=O) groups excluding carboxylic acids is 6. The average molecular weight is 565 g/mol. The van der Waals surface area contributed by atoms with E-state index in [0.29, 0.717) is 4.90 Å². The number of hydrogen-bond acceptors (Lipinski definition) is 8. The topological polar surface area (TPSA) is 148 Å². The molecule has 3 aromatic rings. The van der Waals surface area contributed by atoms with Gasteiger partial charge >= 0.3 is 11.9 Å². The fraction of sp³-hybridized carbons (Fsp3) is 0.143. The summed E-state index contributed by atoms with van der Waals surface area (Å²) in [6, 6.07) is 12.8. The number of hydrogen-bond donors (Lipinski definition) is 2. The molecular weight excluding hydrogens is 544 g/mol. The quantitative estimate of drug-likeness (QED) is 0.297. The lowest BCUT2D eigenvalue weighted by Crippen LogP contribution is -2.44. The fourth-order valence-corrected chi connectivity index (χ4v) is 3.81. The second kappa shape index (κ2) is 12.2. The fourth-order valence-electron chi connectivity index (χ4n) is 3.81. The Morgan fingerprint density at radius 3 is 1.83 bits per heavy atom. The van der Waals surface area contributed by atoms with Crippen molar-refractivity contribution >= 4 is 46.9 Å². The molecular formula is C28H21F2N3O8. The monoisotopic (exact) mass is 565 g/mol. The van der Waals surface area contributed by atoms with Crippen LogP contribution in [0.15, 0.2) is 66.7 Å². The number of ether oxygens (including phenoxy) is 2. The molecule has 0 saturated heterocycles.